The second-order valence-electron chi connectivity index (χ2n) is 5.92. The highest BCUT2D eigenvalue weighted by Crippen LogP contribution is 2.20. The molecule has 0 bridgehead atoms. The largest absolute Gasteiger partial charge is 0.492 e. The van der Waals surface area contributed by atoms with Gasteiger partial charge in [-0.3, -0.25) is 9.59 Å². The van der Waals surface area contributed by atoms with E-state index in [1.54, 1.807) is 18.2 Å². The van der Waals surface area contributed by atoms with Gasteiger partial charge in [0, 0.05) is 18.5 Å². The van der Waals surface area contributed by atoms with Crippen molar-refractivity contribution in [3.05, 3.63) is 65.2 Å². The Morgan fingerprint density at radius 3 is 2.64 bits per heavy atom. The molecular weight excluding hydrogens is 314 g/mol. The number of hydrogen-bond donors (Lipinski definition) is 1. The summed E-state index contributed by atoms with van der Waals surface area (Å²) in [6, 6.07) is 15.0. The molecule has 0 unspecified atom stereocenters. The normalized spacial score (nSPS) is 10.3. The molecular formula is C21H25NO3. The fraction of sp³-hybridized carbons (Fsp3) is 0.333. The van der Waals surface area contributed by atoms with Crippen molar-refractivity contribution in [1.82, 2.24) is 5.32 Å². The topological polar surface area (TPSA) is 55.4 Å². The molecule has 2 rings (SSSR count). The third kappa shape index (κ3) is 6.07. The van der Waals surface area contributed by atoms with Crippen molar-refractivity contribution >= 4 is 12.2 Å². The minimum Gasteiger partial charge on any atom is -0.492 e. The molecule has 0 aliphatic rings. The highest BCUT2D eigenvalue weighted by Gasteiger charge is 2.13. The van der Waals surface area contributed by atoms with Gasteiger partial charge in [0.1, 0.15) is 12.0 Å². The van der Waals surface area contributed by atoms with Gasteiger partial charge in [-0.05, 0) is 30.2 Å². The minimum absolute atomic E-state index is 0.200. The molecule has 2 aromatic carbocycles. The van der Waals surface area contributed by atoms with Gasteiger partial charge in [-0.2, -0.15) is 0 Å². The van der Waals surface area contributed by atoms with E-state index in [1.165, 1.54) is 5.56 Å². The molecule has 0 fully saturated rings. The lowest BCUT2D eigenvalue weighted by Crippen LogP contribution is -2.25. The van der Waals surface area contributed by atoms with E-state index >= 15 is 0 Å². The fourth-order valence-electron chi connectivity index (χ4n) is 2.52. The van der Waals surface area contributed by atoms with Crippen molar-refractivity contribution in [2.45, 2.75) is 32.6 Å². The zero-order valence-corrected chi connectivity index (χ0v) is 14.7. The summed E-state index contributed by atoms with van der Waals surface area (Å²) in [5.41, 5.74) is 2.06. The van der Waals surface area contributed by atoms with Gasteiger partial charge in [0.25, 0.3) is 5.91 Å². The van der Waals surface area contributed by atoms with Crippen LogP contribution in [0, 0.1) is 0 Å². The molecule has 1 N–H and O–H groups in total. The van der Waals surface area contributed by atoms with Crippen molar-refractivity contribution in [2.24, 2.45) is 0 Å². The maximum absolute atomic E-state index is 12.4. The van der Waals surface area contributed by atoms with Gasteiger partial charge >= 0.3 is 0 Å². The van der Waals surface area contributed by atoms with Crippen LogP contribution >= 0.6 is 0 Å². The number of ether oxygens (including phenoxy) is 1. The van der Waals surface area contributed by atoms with Crippen LogP contribution < -0.4 is 10.1 Å². The quantitative estimate of drug-likeness (QED) is 0.525. The summed E-state index contributed by atoms with van der Waals surface area (Å²) in [7, 11) is 0. The van der Waals surface area contributed by atoms with Gasteiger partial charge in [-0.15, -0.1) is 0 Å². The van der Waals surface area contributed by atoms with Crippen LogP contribution in [0.15, 0.2) is 48.5 Å². The lowest BCUT2D eigenvalue weighted by molar-refractivity contribution is 0.0949. The highest BCUT2D eigenvalue weighted by molar-refractivity contribution is 5.98. The van der Waals surface area contributed by atoms with E-state index in [4.69, 9.17) is 4.74 Å². The van der Waals surface area contributed by atoms with Gasteiger partial charge in [-0.25, -0.2) is 0 Å². The molecule has 4 nitrogen and oxygen atoms in total. The molecule has 0 saturated heterocycles. The van der Waals surface area contributed by atoms with Crippen LogP contribution in [0.3, 0.4) is 0 Å². The molecule has 0 atom stereocenters. The van der Waals surface area contributed by atoms with E-state index in [0.717, 1.165) is 32.0 Å². The molecule has 0 radical (unpaired) electrons. The van der Waals surface area contributed by atoms with E-state index < -0.39 is 0 Å². The summed E-state index contributed by atoms with van der Waals surface area (Å²) in [6.45, 7) is 3.22. The summed E-state index contributed by atoms with van der Waals surface area (Å²) in [4.78, 5) is 23.4. The van der Waals surface area contributed by atoms with E-state index in [2.05, 4.69) is 12.2 Å². The Morgan fingerprint density at radius 1 is 1.12 bits per heavy atom. The van der Waals surface area contributed by atoms with E-state index in [0.29, 0.717) is 30.0 Å². The monoisotopic (exact) mass is 339 g/mol. The number of carbonyl (C=O) groups is 2. The van der Waals surface area contributed by atoms with Crippen LogP contribution in [0.1, 0.15) is 52.5 Å². The first-order chi connectivity index (χ1) is 12.2. The van der Waals surface area contributed by atoms with Crippen molar-refractivity contribution < 1.29 is 14.3 Å². The zero-order chi connectivity index (χ0) is 17.9. The molecule has 0 aromatic heterocycles. The number of carbonyl (C=O) groups excluding carboxylic acids is 2. The minimum atomic E-state index is -0.200. The fourth-order valence-corrected chi connectivity index (χ4v) is 2.52. The van der Waals surface area contributed by atoms with Gasteiger partial charge in [0.15, 0.2) is 0 Å². The molecule has 2 aromatic rings. The maximum atomic E-state index is 12.4. The predicted molar refractivity (Wildman–Crippen MR) is 99.3 cm³/mol. The Kier molecular flexibility index (Phi) is 7.70. The second kappa shape index (κ2) is 10.3. The van der Waals surface area contributed by atoms with E-state index in [-0.39, 0.29) is 5.91 Å². The molecule has 132 valence electrons. The Morgan fingerprint density at radius 2 is 1.92 bits per heavy atom. The van der Waals surface area contributed by atoms with Crippen molar-refractivity contribution in [3.63, 3.8) is 0 Å². The summed E-state index contributed by atoms with van der Waals surface area (Å²) in [5, 5.41) is 2.90. The lowest BCUT2D eigenvalue weighted by atomic mass is 10.1. The number of unbranched alkanes of at least 4 members (excludes halogenated alkanes) is 2. The first-order valence-electron chi connectivity index (χ1n) is 8.78. The van der Waals surface area contributed by atoms with Crippen LogP contribution in [-0.4, -0.2) is 25.3 Å². The Bertz CT molecular complexity index is 683. The van der Waals surface area contributed by atoms with Gasteiger partial charge in [-0.1, -0.05) is 50.1 Å². The SMILES string of the molecule is CCCCCNC(=O)c1cc(C=O)ccc1OCCc1ccccc1. The Hall–Kier alpha value is -2.62. The predicted octanol–water partition coefficient (Wildman–Crippen LogP) is 4.04. The number of aldehydes is 1. The van der Waals surface area contributed by atoms with Crippen molar-refractivity contribution in [1.29, 1.82) is 0 Å². The van der Waals surface area contributed by atoms with Crippen molar-refractivity contribution in [2.75, 3.05) is 13.2 Å². The van der Waals surface area contributed by atoms with Gasteiger partial charge in [0.05, 0.1) is 12.2 Å². The van der Waals surface area contributed by atoms with Gasteiger partial charge in [0.2, 0.25) is 0 Å². The Balaban J connectivity index is 2.00. The van der Waals surface area contributed by atoms with E-state index in [9.17, 15) is 9.59 Å². The number of benzene rings is 2. The van der Waals surface area contributed by atoms with Crippen molar-refractivity contribution in [3.8, 4) is 5.75 Å². The molecule has 0 aliphatic heterocycles. The van der Waals surface area contributed by atoms with Crippen LogP contribution in [0.4, 0.5) is 0 Å². The Labute approximate surface area is 149 Å². The average Bonchev–Trinajstić information content (AvgIpc) is 2.66. The lowest BCUT2D eigenvalue weighted by Gasteiger charge is -2.12. The smallest absolute Gasteiger partial charge is 0.255 e. The van der Waals surface area contributed by atoms with Crippen LogP contribution in [0.2, 0.25) is 0 Å². The zero-order valence-electron chi connectivity index (χ0n) is 14.7. The molecule has 25 heavy (non-hydrogen) atoms. The molecule has 0 heterocycles. The molecule has 1 amide bonds. The first-order valence-corrected chi connectivity index (χ1v) is 8.78. The first kappa shape index (κ1) is 18.7. The number of rotatable bonds is 10. The summed E-state index contributed by atoms with van der Waals surface area (Å²) < 4.78 is 5.81. The highest BCUT2D eigenvalue weighted by atomic mass is 16.5. The third-order valence-electron chi connectivity index (χ3n) is 3.94. The standard InChI is InChI=1S/C21H25NO3/c1-2-3-7-13-22-21(24)19-15-18(16-23)10-11-20(19)25-14-12-17-8-5-4-6-9-17/h4-6,8-11,15-16H,2-3,7,12-14H2,1H3,(H,22,24). The molecule has 4 heteroatoms. The van der Waals surface area contributed by atoms with Crippen LogP contribution in [0.5, 0.6) is 5.75 Å². The molecule has 0 spiro atoms. The maximum Gasteiger partial charge on any atom is 0.255 e. The van der Waals surface area contributed by atoms with Crippen LogP contribution in [0.25, 0.3) is 0 Å². The summed E-state index contributed by atoms with van der Waals surface area (Å²) in [6.07, 6.45) is 4.62. The van der Waals surface area contributed by atoms with Crippen LogP contribution in [-0.2, 0) is 6.42 Å². The second-order valence-corrected chi connectivity index (χ2v) is 5.92. The molecule has 0 aliphatic carbocycles. The van der Waals surface area contributed by atoms with E-state index in [1.807, 2.05) is 30.3 Å². The number of hydrogen-bond acceptors (Lipinski definition) is 3. The van der Waals surface area contributed by atoms with Gasteiger partial charge < -0.3 is 10.1 Å². The molecule has 0 saturated carbocycles. The number of amides is 1. The number of nitrogens with one attached hydrogen (secondary N) is 1. The third-order valence-corrected chi connectivity index (χ3v) is 3.94. The summed E-state index contributed by atoms with van der Waals surface area (Å²) in [5.74, 6) is 0.309. The average molecular weight is 339 g/mol. The summed E-state index contributed by atoms with van der Waals surface area (Å²) >= 11 is 0.